The third-order valence-corrected chi connectivity index (χ3v) is 4.80. The number of hydrogen-bond donors (Lipinski definition) is 2. The lowest BCUT2D eigenvalue weighted by atomic mass is 10.1. The summed E-state index contributed by atoms with van der Waals surface area (Å²) in [5.74, 6) is 0.515. The number of aryl methyl sites for hydroxylation is 5. The summed E-state index contributed by atoms with van der Waals surface area (Å²) in [5.41, 5.74) is 3.43. The molecule has 2 aromatic heterocycles. The van der Waals surface area contributed by atoms with Crippen molar-refractivity contribution in [2.24, 2.45) is 0 Å². The Morgan fingerprint density at radius 2 is 1.90 bits per heavy atom. The first-order valence-electron chi connectivity index (χ1n) is 9.61. The van der Waals surface area contributed by atoms with E-state index in [-0.39, 0.29) is 11.8 Å². The summed E-state index contributed by atoms with van der Waals surface area (Å²) >= 11 is 0. The van der Waals surface area contributed by atoms with Crippen LogP contribution < -0.4 is 10.6 Å². The number of nitrogens with one attached hydrogen (secondary N) is 2. The monoisotopic (exact) mass is 394 g/mol. The van der Waals surface area contributed by atoms with E-state index in [4.69, 9.17) is 0 Å². The van der Waals surface area contributed by atoms with Gasteiger partial charge in [0.15, 0.2) is 0 Å². The number of benzene rings is 1. The lowest BCUT2D eigenvalue weighted by molar-refractivity contribution is -0.116. The van der Waals surface area contributed by atoms with Gasteiger partial charge in [-0.1, -0.05) is 6.07 Å². The molecule has 2 N–H and O–H groups in total. The van der Waals surface area contributed by atoms with Crippen LogP contribution in [0.2, 0.25) is 0 Å². The first-order valence-corrected chi connectivity index (χ1v) is 9.61. The van der Waals surface area contributed by atoms with Crippen LogP contribution in [-0.2, 0) is 17.9 Å². The van der Waals surface area contributed by atoms with E-state index in [9.17, 15) is 9.59 Å². The molecule has 152 valence electrons. The molecule has 0 fully saturated rings. The first kappa shape index (κ1) is 20.3. The van der Waals surface area contributed by atoms with Gasteiger partial charge < -0.3 is 15.2 Å². The molecule has 0 aliphatic heterocycles. The van der Waals surface area contributed by atoms with Crippen molar-refractivity contribution < 1.29 is 9.59 Å². The molecule has 2 heterocycles. The van der Waals surface area contributed by atoms with Gasteiger partial charge in [0.05, 0.1) is 11.4 Å². The molecule has 29 heavy (non-hydrogen) atoms. The number of aromatic nitrogens is 4. The van der Waals surface area contributed by atoms with Gasteiger partial charge in [0.2, 0.25) is 5.91 Å². The van der Waals surface area contributed by atoms with E-state index in [1.165, 1.54) is 0 Å². The molecule has 2 amide bonds. The van der Waals surface area contributed by atoms with Gasteiger partial charge in [-0.25, -0.2) is 4.98 Å². The SMILES string of the molecule is CCn1cc(NC(=O)c2ccc(C)c(NC(=O)CCn3ccnc3C)c2)c(C)n1. The lowest BCUT2D eigenvalue weighted by Gasteiger charge is -2.11. The van der Waals surface area contributed by atoms with Gasteiger partial charge in [-0.05, 0) is 45.4 Å². The smallest absolute Gasteiger partial charge is 0.255 e. The Kier molecular flexibility index (Phi) is 6.11. The third kappa shape index (κ3) is 4.90. The highest BCUT2D eigenvalue weighted by Crippen LogP contribution is 2.20. The van der Waals surface area contributed by atoms with E-state index in [0.29, 0.717) is 29.9 Å². The molecular formula is C21H26N6O2. The number of amides is 2. The van der Waals surface area contributed by atoms with Crippen LogP contribution in [0, 0.1) is 20.8 Å². The molecule has 0 saturated carbocycles. The predicted molar refractivity (Wildman–Crippen MR) is 112 cm³/mol. The Balaban J connectivity index is 1.66. The molecule has 8 nitrogen and oxygen atoms in total. The quantitative estimate of drug-likeness (QED) is 0.643. The van der Waals surface area contributed by atoms with Gasteiger partial charge in [0, 0.05) is 49.4 Å². The predicted octanol–water partition coefficient (Wildman–Crippen LogP) is 3.31. The van der Waals surface area contributed by atoms with Crippen LogP contribution in [0.1, 0.15) is 40.8 Å². The van der Waals surface area contributed by atoms with Crippen molar-refractivity contribution in [1.82, 2.24) is 19.3 Å². The summed E-state index contributed by atoms with van der Waals surface area (Å²) < 4.78 is 3.70. The van der Waals surface area contributed by atoms with Gasteiger partial charge in [-0.15, -0.1) is 0 Å². The van der Waals surface area contributed by atoms with Crippen molar-refractivity contribution in [2.75, 3.05) is 10.6 Å². The average Bonchev–Trinajstić information content (AvgIpc) is 3.26. The molecule has 3 aromatic rings. The van der Waals surface area contributed by atoms with E-state index in [1.807, 2.05) is 50.7 Å². The fourth-order valence-electron chi connectivity index (χ4n) is 2.97. The molecule has 3 rings (SSSR count). The normalized spacial score (nSPS) is 10.8. The van der Waals surface area contributed by atoms with Crippen LogP contribution in [0.15, 0.2) is 36.8 Å². The first-order chi connectivity index (χ1) is 13.9. The zero-order chi connectivity index (χ0) is 21.0. The van der Waals surface area contributed by atoms with Crippen molar-refractivity contribution in [3.63, 3.8) is 0 Å². The molecule has 0 bridgehead atoms. The van der Waals surface area contributed by atoms with Crippen LogP contribution in [0.3, 0.4) is 0 Å². The number of hydrogen-bond acceptors (Lipinski definition) is 4. The summed E-state index contributed by atoms with van der Waals surface area (Å²) in [5, 5.41) is 10.1. The van der Waals surface area contributed by atoms with Crippen molar-refractivity contribution >= 4 is 23.2 Å². The Labute approximate surface area is 169 Å². The minimum Gasteiger partial charge on any atom is -0.335 e. The minimum atomic E-state index is -0.242. The van der Waals surface area contributed by atoms with Gasteiger partial charge in [-0.3, -0.25) is 14.3 Å². The molecule has 0 radical (unpaired) electrons. The molecule has 0 aliphatic rings. The van der Waals surface area contributed by atoms with E-state index in [0.717, 1.165) is 23.6 Å². The second kappa shape index (κ2) is 8.72. The Morgan fingerprint density at radius 3 is 2.55 bits per heavy atom. The summed E-state index contributed by atoms with van der Waals surface area (Å²) in [6.45, 7) is 8.92. The fourth-order valence-corrected chi connectivity index (χ4v) is 2.97. The highest BCUT2D eigenvalue weighted by molar-refractivity contribution is 6.05. The maximum Gasteiger partial charge on any atom is 0.255 e. The molecule has 0 unspecified atom stereocenters. The molecule has 0 spiro atoms. The van der Waals surface area contributed by atoms with E-state index in [1.54, 1.807) is 23.0 Å². The third-order valence-electron chi connectivity index (χ3n) is 4.80. The second-order valence-electron chi connectivity index (χ2n) is 6.93. The minimum absolute atomic E-state index is 0.112. The molecular weight excluding hydrogens is 368 g/mol. The van der Waals surface area contributed by atoms with E-state index in [2.05, 4.69) is 20.7 Å². The Bertz CT molecular complexity index is 1030. The van der Waals surface area contributed by atoms with Crippen LogP contribution in [0.4, 0.5) is 11.4 Å². The topological polar surface area (TPSA) is 93.8 Å². The number of nitrogens with zero attached hydrogens (tertiary/aromatic N) is 4. The van der Waals surface area contributed by atoms with Gasteiger partial charge in [0.1, 0.15) is 5.82 Å². The molecule has 0 atom stereocenters. The molecule has 0 aliphatic carbocycles. The summed E-state index contributed by atoms with van der Waals surface area (Å²) in [4.78, 5) is 29.2. The van der Waals surface area contributed by atoms with Crippen LogP contribution in [0.25, 0.3) is 0 Å². The Morgan fingerprint density at radius 1 is 1.10 bits per heavy atom. The number of imidazole rings is 1. The standard InChI is InChI=1S/C21H26N6O2/c1-5-27-13-19(15(3)25-27)24-21(29)17-7-6-14(2)18(12-17)23-20(28)8-10-26-11-9-22-16(26)4/h6-7,9,11-13H,5,8,10H2,1-4H3,(H,23,28)(H,24,29). The van der Waals surface area contributed by atoms with Gasteiger partial charge in [0.25, 0.3) is 5.91 Å². The average molecular weight is 394 g/mol. The lowest BCUT2D eigenvalue weighted by Crippen LogP contribution is -2.17. The van der Waals surface area contributed by atoms with Crippen molar-refractivity contribution in [3.05, 3.63) is 59.4 Å². The van der Waals surface area contributed by atoms with Gasteiger partial charge in [-0.2, -0.15) is 5.10 Å². The number of anilines is 2. The fraction of sp³-hybridized carbons (Fsp3) is 0.333. The summed E-state index contributed by atoms with van der Waals surface area (Å²) in [6.07, 6.45) is 5.69. The Hall–Kier alpha value is -3.42. The maximum atomic E-state index is 12.7. The number of rotatable bonds is 7. The van der Waals surface area contributed by atoms with Crippen LogP contribution in [-0.4, -0.2) is 31.1 Å². The van der Waals surface area contributed by atoms with Crippen molar-refractivity contribution in [3.8, 4) is 0 Å². The zero-order valence-corrected chi connectivity index (χ0v) is 17.2. The van der Waals surface area contributed by atoms with E-state index < -0.39 is 0 Å². The zero-order valence-electron chi connectivity index (χ0n) is 17.2. The highest BCUT2D eigenvalue weighted by Gasteiger charge is 2.13. The van der Waals surface area contributed by atoms with Crippen molar-refractivity contribution in [1.29, 1.82) is 0 Å². The number of carbonyl (C=O) groups is 2. The molecule has 0 saturated heterocycles. The van der Waals surface area contributed by atoms with Gasteiger partial charge >= 0.3 is 0 Å². The van der Waals surface area contributed by atoms with E-state index >= 15 is 0 Å². The maximum absolute atomic E-state index is 12.7. The molecule has 1 aromatic carbocycles. The highest BCUT2D eigenvalue weighted by atomic mass is 16.2. The molecule has 8 heteroatoms. The summed E-state index contributed by atoms with van der Waals surface area (Å²) in [7, 11) is 0. The van der Waals surface area contributed by atoms with Crippen LogP contribution >= 0.6 is 0 Å². The second-order valence-corrected chi connectivity index (χ2v) is 6.93. The largest absolute Gasteiger partial charge is 0.335 e. The van der Waals surface area contributed by atoms with Crippen LogP contribution in [0.5, 0.6) is 0 Å². The number of carbonyl (C=O) groups excluding carboxylic acids is 2. The summed E-state index contributed by atoms with van der Waals surface area (Å²) in [6, 6.07) is 5.27. The van der Waals surface area contributed by atoms with Crippen molar-refractivity contribution in [2.45, 2.75) is 47.2 Å².